The van der Waals surface area contributed by atoms with Crippen LogP contribution in [0.25, 0.3) is 5.69 Å². The molecule has 1 aromatic heterocycles. The van der Waals surface area contributed by atoms with Crippen LogP contribution in [0.1, 0.15) is 5.69 Å². The van der Waals surface area contributed by atoms with Gasteiger partial charge in [-0.2, -0.15) is 0 Å². The molecule has 0 spiro atoms. The fourth-order valence-electron chi connectivity index (χ4n) is 1.33. The number of hydrogen-bond acceptors (Lipinski definition) is 3. The van der Waals surface area contributed by atoms with Crippen molar-refractivity contribution in [1.29, 1.82) is 0 Å². The minimum absolute atomic E-state index is 0.232. The first-order valence-electron chi connectivity index (χ1n) is 4.64. The standard InChI is InChI=1S/C10H7ClFN3O2/c11-6-1-7(12)3-9(2-6)15-5-8(13-14-15)4-10(16)17/h1-3,5H,4H2,(H,16,17). The largest absolute Gasteiger partial charge is 0.481 e. The Labute approximate surface area is 100 Å². The second-order valence-corrected chi connectivity index (χ2v) is 3.79. The molecule has 0 unspecified atom stereocenters. The second kappa shape index (κ2) is 4.50. The molecule has 0 bridgehead atoms. The lowest BCUT2D eigenvalue weighted by atomic mass is 10.3. The van der Waals surface area contributed by atoms with Gasteiger partial charge in [0.1, 0.15) is 5.82 Å². The Hall–Kier alpha value is -1.95. The van der Waals surface area contributed by atoms with Crippen molar-refractivity contribution in [2.75, 3.05) is 0 Å². The van der Waals surface area contributed by atoms with Gasteiger partial charge < -0.3 is 5.11 Å². The van der Waals surface area contributed by atoms with E-state index in [1.165, 1.54) is 29.1 Å². The summed E-state index contributed by atoms with van der Waals surface area (Å²) in [7, 11) is 0. The summed E-state index contributed by atoms with van der Waals surface area (Å²) in [6.07, 6.45) is 1.18. The molecule has 2 aromatic rings. The molecule has 1 N–H and O–H groups in total. The van der Waals surface area contributed by atoms with Crippen LogP contribution in [0.2, 0.25) is 5.02 Å². The molecular formula is C10H7ClFN3O2. The third-order valence-electron chi connectivity index (χ3n) is 1.99. The molecule has 0 fully saturated rings. The number of carboxylic acids is 1. The molecule has 7 heteroatoms. The summed E-state index contributed by atoms with van der Waals surface area (Å²) in [5.74, 6) is -1.50. The van der Waals surface area contributed by atoms with Gasteiger partial charge in [-0.1, -0.05) is 16.8 Å². The van der Waals surface area contributed by atoms with Crippen LogP contribution in [0.3, 0.4) is 0 Å². The third-order valence-corrected chi connectivity index (χ3v) is 2.20. The van der Waals surface area contributed by atoms with Gasteiger partial charge >= 0.3 is 5.97 Å². The van der Waals surface area contributed by atoms with E-state index in [1.54, 1.807) is 0 Å². The summed E-state index contributed by atoms with van der Waals surface area (Å²) in [5.41, 5.74) is 0.678. The molecule has 0 saturated carbocycles. The third kappa shape index (κ3) is 2.79. The molecule has 88 valence electrons. The molecule has 17 heavy (non-hydrogen) atoms. The van der Waals surface area contributed by atoms with Gasteiger partial charge in [-0.05, 0) is 18.2 Å². The Morgan fingerprint density at radius 3 is 2.88 bits per heavy atom. The zero-order chi connectivity index (χ0) is 12.4. The van der Waals surface area contributed by atoms with Gasteiger partial charge in [-0.3, -0.25) is 4.79 Å². The molecule has 2 rings (SSSR count). The van der Waals surface area contributed by atoms with Crippen molar-refractivity contribution >= 4 is 17.6 Å². The Morgan fingerprint density at radius 2 is 2.24 bits per heavy atom. The lowest BCUT2D eigenvalue weighted by Crippen LogP contribution is -2.00. The minimum atomic E-state index is -1.01. The maximum absolute atomic E-state index is 13.1. The Bertz CT molecular complexity index is 550. The van der Waals surface area contributed by atoms with Crippen LogP contribution in [0.15, 0.2) is 24.4 Å². The molecule has 0 atom stereocenters. The van der Waals surface area contributed by atoms with Crippen molar-refractivity contribution in [3.05, 3.63) is 40.9 Å². The van der Waals surface area contributed by atoms with Gasteiger partial charge in [0.25, 0.3) is 0 Å². The molecule has 0 aliphatic heterocycles. The molecule has 5 nitrogen and oxygen atoms in total. The van der Waals surface area contributed by atoms with Crippen molar-refractivity contribution in [2.24, 2.45) is 0 Å². The zero-order valence-electron chi connectivity index (χ0n) is 8.47. The highest BCUT2D eigenvalue weighted by Crippen LogP contribution is 2.16. The van der Waals surface area contributed by atoms with Gasteiger partial charge in [0.2, 0.25) is 0 Å². The van der Waals surface area contributed by atoms with Gasteiger partial charge in [-0.15, -0.1) is 5.10 Å². The first kappa shape index (κ1) is 11.5. The average Bonchev–Trinajstić information content (AvgIpc) is 2.63. The SMILES string of the molecule is O=C(O)Cc1cn(-c2cc(F)cc(Cl)c2)nn1. The van der Waals surface area contributed by atoms with E-state index in [9.17, 15) is 9.18 Å². The number of hydrogen-bond donors (Lipinski definition) is 1. The van der Waals surface area contributed by atoms with Gasteiger partial charge in [0, 0.05) is 5.02 Å². The Morgan fingerprint density at radius 1 is 1.47 bits per heavy atom. The van der Waals surface area contributed by atoms with E-state index >= 15 is 0 Å². The van der Waals surface area contributed by atoms with E-state index < -0.39 is 11.8 Å². The average molecular weight is 256 g/mol. The lowest BCUT2D eigenvalue weighted by molar-refractivity contribution is -0.136. The van der Waals surface area contributed by atoms with Crippen LogP contribution in [0, 0.1) is 5.82 Å². The number of carbonyl (C=O) groups is 1. The van der Waals surface area contributed by atoms with E-state index in [2.05, 4.69) is 10.3 Å². The molecule has 0 aliphatic rings. The highest BCUT2D eigenvalue weighted by atomic mass is 35.5. The van der Waals surface area contributed by atoms with Crippen LogP contribution in [-0.2, 0) is 11.2 Å². The highest BCUT2D eigenvalue weighted by molar-refractivity contribution is 6.30. The summed E-state index contributed by atoms with van der Waals surface area (Å²) in [4.78, 5) is 10.5. The predicted octanol–water partition coefficient (Wildman–Crippen LogP) is 1.69. The lowest BCUT2D eigenvalue weighted by Gasteiger charge is -2.00. The number of rotatable bonds is 3. The number of nitrogens with zero attached hydrogens (tertiary/aromatic N) is 3. The molecule has 0 radical (unpaired) electrons. The van der Waals surface area contributed by atoms with E-state index in [4.69, 9.17) is 16.7 Å². The van der Waals surface area contributed by atoms with E-state index in [-0.39, 0.29) is 17.1 Å². The van der Waals surface area contributed by atoms with Crippen molar-refractivity contribution < 1.29 is 14.3 Å². The Kier molecular flexibility index (Phi) is 3.06. The van der Waals surface area contributed by atoms with Crippen molar-refractivity contribution in [3.8, 4) is 5.69 Å². The maximum atomic E-state index is 13.1. The van der Waals surface area contributed by atoms with Crippen molar-refractivity contribution in [3.63, 3.8) is 0 Å². The number of halogens is 2. The highest BCUT2D eigenvalue weighted by Gasteiger charge is 2.08. The fraction of sp³-hybridized carbons (Fsp3) is 0.100. The van der Waals surface area contributed by atoms with Gasteiger partial charge in [-0.25, -0.2) is 9.07 Å². The molecule has 0 aliphatic carbocycles. The molecule has 0 saturated heterocycles. The molecular weight excluding hydrogens is 249 g/mol. The zero-order valence-corrected chi connectivity index (χ0v) is 9.23. The summed E-state index contributed by atoms with van der Waals surface area (Å²) in [6, 6.07) is 3.90. The monoisotopic (exact) mass is 255 g/mol. The topological polar surface area (TPSA) is 68.0 Å². The first-order chi connectivity index (χ1) is 8.04. The van der Waals surface area contributed by atoms with E-state index in [0.717, 1.165) is 0 Å². The number of benzene rings is 1. The molecule has 1 heterocycles. The number of aliphatic carboxylic acids is 1. The number of aromatic nitrogens is 3. The number of carboxylic acid groups (broad SMARTS) is 1. The minimum Gasteiger partial charge on any atom is -0.481 e. The molecule has 0 amide bonds. The quantitative estimate of drug-likeness (QED) is 0.906. The fourth-order valence-corrected chi connectivity index (χ4v) is 1.55. The van der Waals surface area contributed by atoms with Crippen LogP contribution in [0.4, 0.5) is 4.39 Å². The summed E-state index contributed by atoms with van der Waals surface area (Å²) in [6.45, 7) is 0. The van der Waals surface area contributed by atoms with Crippen LogP contribution >= 0.6 is 11.6 Å². The van der Waals surface area contributed by atoms with Crippen LogP contribution in [0.5, 0.6) is 0 Å². The summed E-state index contributed by atoms with van der Waals surface area (Å²) >= 11 is 5.70. The van der Waals surface area contributed by atoms with Gasteiger partial charge in [0.15, 0.2) is 0 Å². The van der Waals surface area contributed by atoms with Crippen molar-refractivity contribution in [1.82, 2.24) is 15.0 Å². The molecule has 1 aromatic carbocycles. The smallest absolute Gasteiger partial charge is 0.309 e. The predicted molar refractivity (Wildman–Crippen MR) is 57.7 cm³/mol. The van der Waals surface area contributed by atoms with E-state index in [0.29, 0.717) is 5.69 Å². The van der Waals surface area contributed by atoms with Gasteiger partial charge in [0.05, 0.1) is 24.0 Å². The summed E-state index contributed by atoms with van der Waals surface area (Å²) < 4.78 is 14.4. The normalized spacial score (nSPS) is 10.5. The van der Waals surface area contributed by atoms with Crippen LogP contribution in [-0.4, -0.2) is 26.1 Å². The summed E-state index contributed by atoms with van der Waals surface area (Å²) in [5, 5.41) is 16.2. The second-order valence-electron chi connectivity index (χ2n) is 3.35. The Balaban J connectivity index is 2.33. The maximum Gasteiger partial charge on any atom is 0.309 e. The van der Waals surface area contributed by atoms with Crippen molar-refractivity contribution in [2.45, 2.75) is 6.42 Å². The first-order valence-corrected chi connectivity index (χ1v) is 5.02. The van der Waals surface area contributed by atoms with Crippen LogP contribution < -0.4 is 0 Å². The van der Waals surface area contributed by atoms with E-state index in [1.807, 2.05) is 0 Å².